The zero-order valence-electron chi connectivity index (χ0n) is 9.54. The van der Waals surface area contributed by atoms with Crippen LogP contribution in [0, 0.1) is 25.2 Å². The third-order valence-corrected chi connectivity index (χ3v) is 2.76. The Hall–Kier alpha value is -2.01. The molecule has 0 aliphatic carbocycles. The van der Waals surface area contributed by atoms with Crippen LogP contribution in [0.4, 0.5) is 0 Å². The van der Waals surface area contributed by atoms with E-state index in [9.17, 15) is 0 Å². The summed E-state index contributed by atoms with van der Waals surface area (Å²) >= 11 is 0. The number of aromatic nitrogens is 1. The van der Waals surface area contributed by atoms with E-state index in [2.05, 4.69) is 49.2 Å². The fourth-order valence-corrected chi connectivity index (χ4v) is 1.92. The lowest BCUT2D eigenvalue weighted by Crippen LogP contribution is -1.87. The van der Waals surface area contributed by atoms with Crippen LogP contribution in [0.2, 0.25) is 0 Å². The van der Waals surface area contributed by atoms with Crippen molar-refractivity contribution >= 4 is 0 Å². The summed E-state index contributed by atoms with van der Waals surface area (Å²) in [6.07, 6.45) is 2.39. The predicted octanol–water partition coefficient (Wildman–Crippen LogP) is 3.36. The molecule has 0 bridgehead atoms. The summed E-state index contributed by atoms with van der Waals surface area (Å²) in [5.74, 6) is 0. The monoisotopic (exact) mass is 210 g/mol. The van der Waals surface area contributed by atoms with Crippen LogP contribution in [0.1, 0.15) is 16.8 Å². The normalized spacial score (nSPS) is 10.1. The third-order valence-electron chi connectivity index (χ3n) is 2.76. The second kappa shape index (κ2) is 4.24. The van der Waals surface area contributed by atoms with Crippen molar-refractivity contribution in [2.45, 2.75) is 20.3 Å². The van der Waals surface area contributed by atoms with Crippen molar-refractivity contribution in [1.29, 1.82) is 5.26 Å². The number of nitrogens with one attached hydrogen (secondary N) is 1. The van der Waals surface area contributed by atoms with Gasteiger partial charge < -0.3 is 4.98 Å². The smallest absolute Gasteiger partial charge is 0.0758 e. The van der Waals surface area contributed by atoms with Gasteiger partial charge in [-0.1, -0.05) is 29.8 Å². The van der Waals surface area contributed by atoms with Crippen LogP contribution in [-0.4, -0.2) is 4.98 Å². The Kier molecular flexibility index (Phi) is 2.78. The SMILES string of the molecule is Cc1ccc(-c2c(C)c[nH]c2CC#N)cc1. The average Bonchev–Trinajstić information content (AvgIpc) is 2.62. The molecule has 1 heterocycles. The Labute approximate surface area is 95.6 Å². The molecular formula is C14H14N2. The van der Waals surface area contributed by atoms with Crippen molar-refractivity contribution in [2.24, 2.45) is 0 Å². The lowest BCUT2D eigenvalue weighted by Gasteiger charge is -2.04. The molecule has 0 atom stereocenters. The fraction of sp³-hybridized carbons (Fsp3) is 0.214. The number of nitriles is 1. The van der Waals surface area contributed by atoms with E-state index in [1.807, 2.05) is 6.20 Å². The molecule has 1 aromatic heterocycles. The molecule has 2 aromatic rings. The first-order chi connectivity index (χ1) is 7.72. The van der Waals surface area contributed by atoms with Gasteiger partial charge in [0.05, 0.1) is 12.5 Å². The molecule has 0 spiro atoms. The van der Waals surface area contributed by atoms with E-state index in [1.165, 1.54) is 22.3 Å². The number of aryl methyl sites for hydroxylation is 2. The first-order valence-electron chi connectivity index (χ1n) is 5.33. The van der Waals surface area contributed by atoms with E-state index in [0.29, 0.717) is 6.42 Å². The lowest BCUT2D eigenvalue weighted by molar-refractivity contribution is 1.16. The van der Waals surface area contributed by atoms with Gasteiger partial charge >= 0.3 is 0 Å². The standard InChI is InChI=1S/C14H14N2/c1-10-3-5-12(6-4-10)14-11(2)9-16-13(14)7-8-15/h3-6,9,16H,7H2,1-2H3. The summed E-state index contributed by atoms with van der Waals surface area (Å²) in [7, 11) is 0. The number of nitrogens with zero attached hydrogens (tertiary/aromatic N) is 1. The molecule has 0 aliphatic rings. The van der Waals surface area contributed by atoms with Crippen LogP contribution in [0.25, 0.3) is 11.1 Å². The molecule has 0 aliphatic heterocycles. The number of hydrogen-bond donors (Lipinski definition) is 1. The maximum Gasteiger partial charge on any atom is 0.0758 e. The highest BCUT2D eigenvalue weighted by Gasteiger charge is 2.09. The number of hydrogen-bond acceptors (Lipinski definition) is 1. The van der Waals surface area contributed by atoms with Crippen LogP contribution >= 0.6 is 0 Å². The molecule has 2 rings (SSSR count). The summed E-state index contributed by atoms with van der Waals surface area (Å²) in [4.78, 5) is 3.17. The number of aromatic amines is 1. The number of H-pyrrole nitrogens is 1. The van der Waals surface area contributed by atoms with Crippen LogP contribution in [0.5, 0.6) is 0 Å². The zero-order chi connectivity index (χ0) is 11.5. The summed E-state index contributed by atoms with van der Waals surface area (Å²) in [6, 6.07) is 10.6. The minimum atomic E-state index is 0.428. The van der Waals surface area contributed by atoms with E-state index in [4.69, 9.17) is 5.26 Å². The Morgan fingerprint density at radius 1 is 1.19 bits per heavy atom. The molecule has 1 N–H and O–H groups in total. The predicted molar refractivity (Wildman–Crippen MR) is 65.0 cm³/mol. The van der Waals surface area contributed by atoms with Gasteiger partial charge in [-0.15, -0.1) is 0 Å². The first-order valence-corrected chi connectivity index (χ1v) is 5.33. The molecule has 0 unspecified atom stereocenters. The highest BCUT2D eigenvalue weighted by Crippen LogP contribution is 2.27. The van der Waals surface area contributed by atoms with Crippen LogP contribution in [0.15, 0.2) is 30.5 Å². The zero-order valence-corrected chi connectivity index (χ0v) is 9.54. The van der Waals surface area contributed by atoms with E-state index in [0.717, 1.165) is 5.69 Å². The molecule has 2 nitrogen and oxygen atoms in total. The van der Waals surface area contributed by atoms with Crippen molar-refractivity contribution in [2.75, 3.05) is 0 Å². The van der Waals surface area contributed by atoms with Gasteiger partial charge in [0.1, 0.15) is 0 Å². The molecule has 2 heteroatoms. The van der Waals surface area contributed by atoms with Crippen molar-refractivity contribution in [3.05, 3.63) is 47.3 Å². The van der Waals surface area contributed by atoms with Crippen LogP contribution < -0.4 is 0 Å². The van der Waals surface area contributed by atoms with E-state index < -0.39 is 0 Å². The molecule has 0 amide bonds. The van der Waals surface area contributed by atoms with Crippen molar-refractivity contribution in [3.8, 4) is 17.2 Å². The van der Waals surface area contributed by atoms with Crippen molar-refractivity contribution in [1.82, 2.24) is 4.98 Å². The molecule has 0 saturated heterocycles. The Balaban J connectivity index is 2.50. The van der Waals surface area contributed by atoms with Gasteiger partial charge in [-0.2, -0.15) is 5.26 Å². The van der Waals surface area contributed by atoms with E-state index in [-0.39, 0.29) is 0 Å². The maximum atomic E-state index is 8.77. The summed E-state index contributed by atoms with van der Waals surface area (Å²) < 4.78 is 0. The van der Waals surface area contributed by atoms with Gasteiger partial charge in [0, 0.05) is 17.5 Å². The van der Waals surface area contributed by atoms with Crippen LogP contribution in [-0.2, 0) is 6.42 Å². The fourth-order valence-electron chi connectivity index (χ4n) is 1.92. The Morgan fingerprint density at radius 3 is 2.50 bits per heavy atom. The van der Waals surface area contributed by atoms with Gasteiger partial charge in [-0.3, -0.25) is 0 Å². The first kappa shape index (κ1) is 10.5. The number of rotatable bonds is 2. The quantitative estimate of drug-likeness (QED) is 0.811. The van der Waals surface area contributed by atoms with Gasteiger partial charge in [0.15, 0.2) is 0 Å². The second-order valence-corrected chi connectivity index (χ2v) is 4.03. The van der Waals surface area contributed by atoms with Crippen LogP contribution in [0.3, 0.4) is 0 Å². The van der Waals surface area contributed by atoms with Gasteiger partial charge in [0.2, 0.25) is 0 Å². The molecule has 0 radical (unpaired) electrons. The van der Waals surface area contributed by atoms with E-state index in [1.54, 1.807) is 0 Å². The highest BCUT2D eigenvalue weighted by molar-refractivity contribution is 5.70. The molecule has 0 fully saturated rings. The minimum absolute atomic E-state index is 0.428. The highest BCUT2D eigenvalue weighted by atomic mass is 14.7. The molecule has 1 aromatic carbocycles. The molecular weight excluding hydrogens is 196 g/mol. The van der Waals surface area contributed by atoms with Gasteiger partial charge in [0.25, 0.3) is 0 Å². The van der Waals surface area contributed by atoms with Crippen molar-refractivity contribution < 1.29 is 0 Å². The lowest BCUT2D eigenvalue weighted by atomic mass is 10.00. The average molecular weight is 210 g/mol. The molecule has 80 valence electrons. The Morgan fingerprint density at radius 2 is 1.88 bits per heavy atom. The molecule has 16 heavy (non-hydrogen) atoms. The summed E-state index contributed by atoms with van der Waals surface area (Å²) in [6.45, 7) is 4.14. The summed E-state index contributed by atoms with van der Waals surface area (Å²) in [5, 5.41) is 8.77. The third kappa shape index (κ3) is 1.85. The van der Waals surface area contributed by atoms with Gasteiger partial charge in [-0.25, -0.2) is 0 Å². The summed E-state index contributed by atoms with van der Waals surface area (Å²) in [5.41, 5.74) is 5.79. The van der Waals surface area contributed by atoms with Crippen molar-refractivity contribution in [3.63, 3.8) is 0 Å². The van der Waals surface area contributed by atoms with E-state index >= 15 is 0 Å². The molecule has 0 saturated carbocycles. The number of benzene rings is 1. The Bertz CT molecular complexity index is 527. The largest absolute Gasteiger partial charge is 0.363 e. The van der Waals surface area contributed by atoms with Gasteiger partial charge in [-0.05, 0) is 25.0 Å². The maximum absolute atomic E-state index is 8.77. The second-order valence-electron chi connectivity index (χ2n) is 4.03. The minimum Gasteiger partial charge on any atom is -0.363 e. The topological polar surface area (TPSA) is 39.6 Å².